The molecule has 1 aromatic heterocycles. The van der Waals surface area contributed by atoms with Gasteiger partial charge in [0.25, 0.3) is 0 Å². The zero-order valence-electron chi connectivity index (χ0n) is 11.5. The van der Waals surface area contributed by atoms with Crippen LogP contribution in [0.3, 0.4) is 0 Å². The van der Waals surface area contributed by atoms with Gasteiger partial charge in [-0.2, -0.15) is 0 Å². The predicted molar refractivity (Wildman–Crippen MR) is 78.1 cm³/mol. The molecule has 0 amide bonds. The Hall–Kier alpha value is -1.95. The third kappa shape index (κ3) is 3.14. The highest BCUT2D eigenvalue weighted by molar-refractivity contribution is 8.02. The normalized spacial score (nSPS) is 11.6. The van der Waals surface area contributed by atoms with Crippen molar-refractivity contribution in [3.8, 4) is 5.75 Å². The molecule has 0 radical (unpaired) electrons. The van der Waals surface area contributed by atoms with Crippen molar-refractivity contribution in [2.24, 2.45) is 0 Å². The molecule has 106 valence electrons. The zero-order valence-corrected chi connectivity index (χ0v) is 12.3. The van der Waals surface area contributed by atoms with Crippen molar-refractivity contribution in [3.63, 3.8) is 0 Å². The van der Waals surface area contributed by atoms with Crippen LogP contribution in [0, 0.1) is 0 Å². The van der Waals surface area contributed by atoms with Crippen LogP contribution >= 0.6 is 0 Å². The lowest BCUT2D eigenvalue weighted by atomic mass is 10.1. The molecule has 0 saturated carbocycles. The van der Waals surface area contributed by atoms with E-state index in [1.165, 1.54) is 25.7 Å². The average molecular weight is 295 g/mol. The lowest BCUT2D eigenvalue weighted by Crippen LogP contribution is -2.24. The maximum absolute atomic E-state index is 12.0. The monoisotopic (exact) mass is 295 g/mol. The van der Waals surface area contributed by atoms with Gasteiger partial charge in [0.05, 0.1) is 17.0 Å². The first kappa shape index (κ1) is 14.5. The fourth-order valence-corrected chi connectivity index (χ4v) is 2.59. The molecule has 0 spiro atoms. The molecule has 20 heavy (non-hydrogen) atoms. The van der Waals surface area contributed by atoms with Gasteiger partial charge in [-0.3, -0.25) is 4.79 Å². The highest BCUT2D eigenvalue weighted by Gasteiger charge is 2.23. The number of Topliss-reactive ketones (excluding diaryl/α,β-unsaturated/α-hetero) is 1. The maximum Gasteiger partial charge on any atom is 0.347 e. The van der Waals surface area contributed by atoms with E-state index in [0.29, 0.717) is 16.7 Å². The quantitative estimate of drug-likeness (QED) is 0.488. The summed E-state index contributed by atoms with van der Waals surface area (Å²) in [6.45, 7) is 0. The van der Waals surface area contributed by atoms with Crippen molar-refractivity contribution in [2.45, 2.75) is 0 Å². The van der Waals surface area contributed by atoms with Gasteiger partial charge < -0.3 is 9.15 Å². The predicted octanol–water partition coefficient (Wildman–Crippen LogP) is 1.74. The fraction of sp³-hybridized carbons (Fsp3) is 0.286. The SMILES string of the molecule is COc1ccc2cc(C(=O)C[S+](C)(C)=O)c(=O)oc2c1. The molecule has 0 bridgehead atoms. The van der Waals surface area contributed by atoms with Gasteiger partial charge in [0.15, 0.2) is 5.75 Å². The van der Waals surface area contributed by atoms with Gasteiger partial charge in [0.1, 0.15) is 29.4 Å². The lowest BCUT2D eigenvalue weighted by molar-refractivity contribution is 0.101. The first-order valence-electron chi connectivity index (χ1n) is 5.87. The van der Waals surface area contributed by atoms with Crippen LogP contribution in [0.25, 0.3) is 11.0 Å². The van der Waals surface area contributed by atoms with Gasteiger partial charge in [-0.05, 0) is 18.2 Å². The van der Waals surface area contributed by atoms with Crippen molar-refractivity contribution in [2.75, 3.05) is 25.4 Å². The van der Waals surface area contributed by atoms with E-state index in [-0.39, 0.29) is 11.3 Å². The summed E-state index contributed by atoms with van der Waals surface area (Å²) in [6.07, 6.45) is 2.97. The lowest BCUT2D eigenvalue weighted by Gasteiger charge is -2.04. The molecule has 2 aromatic rings. The number of hydrogen-bond donors (Lipinski definition) is 0. The first-order valence-corrected chi connectivity index (χ1v) is 8.41. The molecule has 2 rings (SSSR count). The summed E-state index contributed by atoms with van der Waals surface area (Å²) in [5.74, 6) is -0.0734. The molecule has 0 aliphatic carbocycles. The van der Waals surface area contributed by atoms with Gasteiger partial charge in [-0.25, -0.2) is 4.79 Å². The van der Waals surface area contributed by atoms with Crippen LogP contribution in [-0.4, -0.2) is 31.2 Å². The zero-order chi connectivity index (χ0) is 14.9. The van der Waals surface area contributed by atoms with Crippen LogP contribution in [0.4, 0.5) is 0 Å². The van der Waals surface area contributed by atoms with Crippen molar-refractivity contribution in [1.29, 1.82) is 0 Å². The molecule has 1 heterocycles. The molecule has 0 atom stereocenters. The number of fused-ring (bicyclic) bond motifs is 1. The van der Waals surface area contributed by atoms with Crippen LogP contribution < -0.4 is 10.4 Å². The Labute approximate surface area is 117 Å². The number of benzene rings is 1. The van der Waals surface area contributed by atoms with E-state index < -0.39 is 21.3 Å². The molecular weight excluding hydrogens is 280 g/mol. The maximum atomic E-state index is 12.0. The summed E-state index contributed by atoms with van der Waals surface area (Å²) in [6, 6.07) is 6.45. The topological polar surface area (TPSA) is 73.6 Å². The molecule has 6 heteroatoms. The Morgan fingerprint density at radius 2 is 2.00 bits per heavy atom. The Morgan fingerprint density at radius 1 is 1.30 bits per heavy atom. The minimum atomic E-state index is -2.25. The minimum absolute atomic E-state index is 0.0703. The standard InChI is InChI=1S/C14H15O5S/c1-18-10-5-4-9-6-11(12(15)8-20(2,3)17)14(16)19-13(9)7-10/h4-7H,8H2,1-3H3/q+1. The first-order chi connectivity index (χ1) is 9.30. The minimum Gasteiger partial charge on any atom is -0.497 e. The fourth-order valence-electron chi connectivity index (χ4n) is 1.81. The Morgan fingerprint density at radius 3 is 2.60 bits per heavy atom. The number of ketones is 1. The van der Waals surface area contributed by atoms with E-state index in [2.05, 4.69) is 0 Å². The van der Waals surface area contributed by atoms with Gasteiger partial charge in [0.2, 0.25) is 5.78 Å². The molecule has 0 fully saturated rings. The smallest absolute Gasteiger partial charge is 0.347 e. The number of methoxy groups -OCH3 is 1. The van der Waals surface area contributed by atoms with Gasteiger partial charge in [0, 0.05) is 11.5 Å². The number of carbonyl (C=O) groups is 1. The Bertz CT molecular complexity index is 769. The summed E-state index contributed by atoms with van der Waals surface area (Å²) in [4.78, 5) is 23.8. The van der Waals surface area contributed by atoms with Gasteiger partial charge in [-0.15, -0.1) is 4.21 Å². The molecular formula is C14H15O5S+. The second-order valence-corrected chi connectivity index (χ2v) is 8.02. The summed E-state index contributed by atoms with van der Waals surface area (Å²) in [5.41, 5.74) is -0.446. The molecule has 0 N–H and O–H groups in total. The Balaban J connectivity index is 2.51. The second kappa shape index (κ2) is 5.20. The van der Waals surface area contributed by atoms with Crippen LogP contribution in [0.2, 0.25) is 0 Å². The summed E-state index contributed by atoms with van der Waals surface area (Å²) in [5, 5.41) is 0.618. The number of ether oxygens (including phenoxy) is 1. The summed E-state index contributed by atoms with van der Waals surface area (Å²) >= 11 is 0. The van der Waals surface area contributed by atoms with Crippen LogP contribution in [0.5, 0.6) is 5.75 Å². The summed E-state index contributed by atoms with van der Waals surface area (Å²) in [7, 11) is -0.742. The van der Waals surface area contributed by atoms with Crippen molar-refractivity contribution in [3.05, 3.63) is 40.2 Å². The molecule has 0 aliphatic heterocycles. The van der Waals surface area contributed by atoms with Gasteiger partial charge in [-0.1, -0.05) is 0 Å². The number of rotatable bonds is 4. The largest absolute Gasteiger partial charge is 0.497 e. The third-order valence-corrected chi connectivity index (χ3v) is 3.68. The molecule has 1 aromatic carbocycles. The van der Waals surface area contributed by atoms with Crippen LogP contribution in [0.15, 0.2) is 33.5 Å². The van der Waals surface area contributed by atoms with E-state index in [0.717, 1.165) is 0 Å². The van der Waals surface area contributed by atoms with Crippen molar-refractivity contribution >= 4 is 26.7 Å². The molecule has 0 unspecified atom stereocenters. The molecule has 0 aliphatic rings. The second-order valence-electron chi connectivity index (χ2n) is 4.86. The van der Waals surface area contributed by atoms with E-state index >= 15 is 0 Å². The van der Waals surface area contributed by atoms with Crippen molar-refractivity contribution < 1.29 is 18.2 Å². The van der Waals surface area contributed by atoms with E-state index in [1.807, 2.05) is 0 Å². The van der Waals surface area contributed by atoms with E-state index in [1.54, 1.807) is 18.2 Å². The van der Waals surface area contributed by atoms with Crippen LogP contribution in [0.1, 0.15) is 10.4 Å². The van der Waals surface area contributed by atoms with Crippen molar-refractivity contribution in [1.82, 2.24) is 0 Å². The molecule has 5 nitrogen and oxygen atoms in total. The number of carbonyl (C=O) groups excluding carboxylic acids is 1. The highest BCUT2D eigenvalue weighted by Crippen LogP contribution is 2.20. The Kier molecular flexibility index (Phi) is 3.76. The number of hydrogen-bond acceptors (Lipinski definition) is 5. The average Bonchev–Trinajstić information content (AvgIpc) is 2.35. The molecule has 0 saturated heterocycles. The summed E-state index contributed by atoms with van der Waals surface area (Å²) < 4.78 is 21.8. The van der Waals surface area contributed by atoms with E-state index in [9.17, 15) is 13.8 Å². The highest BCUT2D eigenvalue weighted by atomic mass is 32.2. The van der Waals surface area contributed by atoms with Gasteiger partial charge >= 0.3 is 5.63 Å². The van der Waals surface area contributed by atoms with Crippen LogP contribution in [-0.2, 0) is 14.1 Å². The van der Waals surface area contributed by atoms with E-state index in [4.69, 9.17) is 9.15 Å². The third-order valence-electron chi connectivity index (χ3n) is 2.72.